The molecule has 1 aromatic rings. The SMILES string of the molecule is CCN(CCCN(C)C)c1nc2c(cc1CN)CCC2. The summed E-state index contributed by atoms with van der Waals surface area (Å²) in [5, 5.41) is 0. The van der Waals surface area contributed by atoms with Gasteiger partial charge in [0, 0.05) is 30.9 Å². The van der Waals surface area contributed by atoms with Gasteiger partial charge in [0.1, 0.15) is 5.82 Å². The lowest BCUT2D eigenvalue weighted by molar-refractivity contribution is 0.400. The Labute approximate surface area is 123 Å². The van der Waals surface area contributed by atoms with Crippen LogP contribution in [-0.2, 0) is 19.4 Å². The third-order valence-electron chi connectivity index (χ3n) is 4.04. The summed E-state index contributed by atoms with van der Waals surface area (Å²) in [5.74, 6) is 1.12. The Balaban J connectivity index is 2.15. The lowest BCUT2D eigenvalue weighted by atomic mass is 10.1. The minimum absolute atomic E-state index is 0.583. The highest BCUT2D eigenvalue weighted by Gasteiger charge is 2.18. The summed E-state index contributed by atoms with van der Waals surface area (Å²) in [6, 6.07) is 2.29. The van der Waals surface area contributed by atoms with Crippen LogP contribution in [0.25, 0.3) is 0 Å². The summed E-state index contributed by atoms with van der Waals surface area (Å²) in [6.45, 7) is 5.93. The molecule has 1 aliphatic carbocycles. The van der Waals surface area contributed by atoms with Crippen molar-refractivity contribution in [2.75, 3.05) is 38.6 Å². The average molecular weight is 276 g/mol. The highest BCUT2D eigenvalue weighted by Crippen LogP contribution is 2.27. The molecule has 20 heavy (non-hydrogen) atoms. The van der Waals surface area contributed by atoms with Crippen molar-refractivity contribution < 1.29 is 0 Å². The number of fused-ring (bicyclic) bond motifs is 1. The highest BCUT2D eigenvalue weighted by atomic mass is 15.2. The molecule has 0 aromatic carbocycles. The first-order valence-electron chi connectivity index (χ1n) is 7.77. The molecule has 0 atom stereocenters. The number of hydrogen-bond acceptors (Lipinski definition) is 4. The van der Waals surface area contributed by atoms with Crippen LogP contribution in [0.1, 0.15) is 36.6 Å². The molecule has 112 valence electrons. The molecule has 4 heteroatoms. The van der Waals surface area contributed by atoms with Crippen LogP contribution in [0.3, 0.4) is 0 Å². The zero-order valence-electron chi connectivity index (χ0n) is 13.2. The van der Waals surface area contributed by atoms with Crippen molar-refractivity contribution in [1.82, 2.24) is 9.88 Å². The van der Waals surface area contributed by atoms with E-state index in [9.17, 15) is 0 Å². The highest BCUT2D eigenvalue weighted by molar-refractivity contribution is 5.51. The van der Waals surface area contributed by atoms with Gasteiger partial charge in [0.25, 0.3) is 0 Å². The van der Waals surface area contributed by atoms with Gasteiger partial charge in [-0.15, -0.1) is 0 Å². The smallest absolute Gasteiger partial charge is 0.133 e. The molecule has 1 aliphatic rings. The quantitative estimate of drug-likeness (QED) is 0.825. The van der Waals surface area contributed by atoms with Gasteiger partial charge in [-0.25, -0.2) is 4.98 Å². The van der Waals surface area contributed by atoms with E-state index in [2.05, 4.69) is 36.9 Å². The third-order valence-corrected chi connectivity index (χ3v) is 4.04. The second-order valence-electron chi connectivity index (χ2n) is 5.87. The van der Waals surface area contributed by atoms with E-state index in [0.717, 1.165) is 38.3 Å². The average Bonchev–Trinajstić information content (AvgIpc) is 2.89. The number of pyridine rings is 1. The van der Waals surface area contributed by atoms with Crippen molar-refractivity contribution in [3.63, 3.8) is 0 Å². The van der Waals surface area contributed by atoms with Gasteiger partial charge in [0.15, 0.2) is 0 Å². The summed E-state index contributed by atoms with van der Waals surface area (Å²) in [4.78, 5) is 9.53. The molecular weight excluding hydrogens is 248 g/mol. The van der Waals surface area contributed by atoms with Crippen LogP contribution in [0.5, 0.6) is 0 Å². The molecule has 0 bridgehead atoms. The van der Waals surface area contributed by atoms with E-state index in [1.54, 1.807) is 0 Å². The van der Waals surface area contributed by atoms with Gasteiger partial charge in [-0.3, -0.25) is 0 Å². The van der Waals surface area contributed by atoms with Crippen molar-refractivity contribution in [2.45, 2.75) is 39.2 Å². The maximum absolute atomic E-state index is 5.94. The normalized spacial score (nSPS) is 13.8. The van der Waals surface area contributed by atoms with Crippen molar-refractivity contribution >= 4 is 5.82 Å². The van der Waals surface area contributed by atoms with Gasteiger partial charge in [0.2, 0.25) is 0 Å². The largest absolute Gasteiger partial charge is 0.357 e. The van der Waals surface area contributed by atoms with Gasteiger partial charge in [-0.1, -0.05) is 0 Å². The lowest BCUT2D eigenvalue weighted by Gasteiger charge is -2.25. The first kappa shape index (κ1) is 15.3. The molecule has 4 nitrogen and oxygen atoms in total. The standard InChI is InChI=1S/C16H28N4/c1-4-20(10-6-9-19(2)3)16-14(12-17)11-13-7-5-8-15(13)18-16/h11H,4-10,12,17H2,1-3H3. The Kier molecular flexibility index (Phi) is 5.38. The molecule has 0 saturated heterocycles. The summed E-state index contributed by atoms with van der Waals surface area (Å²) in [7, 11) is 4.24. The van der Waals surface area contributed by atoms with Crippen molar-refractivity contribution in [2.24, 2.45) is 5.73 Å². The van der Waals surface area contributed by atoms with E-state index < -0.39 is 0 Å². The van der Waals surface area contributed by atoms with E-state index in [1.807, 2.05) is 0 Å². The van der Waals surface area contributed by atoms with Crippen LogP contribution >= 0.6 is 0 Å². The first-order valence-corrected chi connectivity index (χ1v) is 7.77. The molecule has 0 amide bonds. The van der Waals surface area contributed by atoms with Crippen LogP contribution in [0.15, 0.2) is 6.07 Å². The second-order valence-corrected chi connectivity index (χ2v) is 5.87. The van der Waals surface area contributed by atoms with E-state index in [1.165, 1.54) is 29.7 Å². The number of rotatable bonds is 7. The minimum atomic E-state index is 0.583. The zero-order chi connectivity index (χ0) is 14.5. The number of nitrogens with two attached hydrogens (primary N) is 1. The molecule has 2 N–H and O–H groups in total. The molecule has 1 heterocycles. The molecule has 0 aliphatic heterocycles. The fourth-order valence-corrected chi connectivity index (χ4v) is 2.92. The Bertz CT molecular complexity index is 442. The maximum Gasteiger partial charge on any atom is 0.133 e. The summed E-state index contributed by atoms with van der Waals surface area (Å²) in [6.07, 6.45) is 4.69. The van der Waals surface area contributed by atoms with E-state index in [-0.39, 0.29) is 0 Å². The summed E-state index contributed by atoms with van der Waals surface area (Å²) >= 11 is 0. The number of hydrogen-bond donors (Lipinski definition) is 1. The van der Waals surface area contributed by atoms with Gasteiger partial charge in [-0.05, 0) is 64.9 Å². The topological polar surface area (TPSA) is 45.4 Å². The number of aryl methyl sites for hydroxylation is 2. The van der Waals surface area contributed by atoms with E-state index in [0.29, 0.717) is 6.54 Å². The van der Waals surface area contributed by atoms with E-state index >= 15 is 0 Å². The van der Waals surface area contributed by atoms with Gasteiger partial charge >= 0.3 is 0 Å². The van der Waals surface area contributed by atoms with Crippen LogP contribution < -0.4 is 10.6 Å². The van der Waals surface area contributed by atoms with Crippen LogP contribution in [-0.4, -0.2) is 43.6 Å². The summed E-state index contributed by atoms with van der Waals surface area (Å²) < 4.78 is 0. The first-order chi connectivity index (χ1) is 9.65. The van der Waals surface area contributed by atoms with Gasteiger partial charge in [0.05, 0.1) is 0 Å². The molecule has 0 fully saturated rings. The Hall–Kier alpha value is -1.13. The summed E-state index contributed by atoms with van der Waals surface area (Å²) in [5.41, 5.74) is 9.86. The Morgan fingerprint density at radius 1 is 1.25 bits per heavy atom. The van der Waals surface area contributed by atoms with Gasteiger partial charge in [-0.2, -0.15) is 0 Å². The third kappa shape index (κ3) is 3.49. The monoisotopic (exact) mass is 276 g/mol. The molecule has 0 unspecified atom stereocenters. The van der Waals surface area contributed by atoms with Crippen LogP contribution in [0.2, 0.25) is 0 Å². The molecule has 1 aromatic heterocycles. The predicted molar refractivity (Wildman–Crippen MR) is 85.2 cm³/mol. The molecular formula is C16H28N4. The second kappa shape index (κ2) is 7.04. The fraction of sp³-hybridized carbons (Fsp3) is 0.688. The molecule has 2 rings (SSSR count). The fourth-order valence-electron chi connectivity index (χ4n) is 2.92. The zero-order valence-corrected chi connectivity index (χ0v) is 13.2. The van der Waals surface area contributed by atoms with Crippen LogP contribution in [0, 0.1) is 0 Å². The molecule has 0 saturated carbocycles. The minimum Gasteiger partial charge on any atom is -0.357 e. The Morgan fingerprint density at radius 2 is 2.05 bits per heavy atom. The maximum atomic E-state index is 5.94. The Morgan fingerprint density at radius 3 is 2.70 bits per heavy atom. The lowest BCUT2D eigenvalue weighted by Crippen LogP contribution is -2.29. The molecule has 0 spiro atoms. The number of aromatic nitrogens is 1. The van der Waals surface area contributed by atoms with Gasteiger partial charge < -0.3 is 15.5 Å². The predicted octanol–water partition coefficient (Wildman–Crippen LogP) is 1.81. The molecule has 0 radical (unpaired) electrons. The number of nitrogens with zero attached hydrogens (tertiary/aromatic N) is 3. The van der Waals surface area contributed by atoms with Crippen molar-refractivity contribution in [1.29, 1.82) is 0 Å². The van der Waals surface area contributed by atoms with Crippen molar-refractivity contribution in [3.05, 3.63) is 22.9 Å². The van der Waals surface area contributed by atoms with Crippen molar-refractivity contribution in [3.8, 4) is 0 Å². The number of anilines is 1. The van der Waals surface area contributed by atoms with E-state index in [4.69, 9.17) is 10.7 Å². The van der Waals surface area contributed by atoms with Crippen LogP contribution in [0.4, 0.5) is 5.82 Å².